The third-order valence-electron chi connectivity index (χ3n) is 4.01. The largest absolute Gasteiger partial charge is 0.395 e. The average Bonchev–Trinajstić information content (AvgIpc) is 3.26. The maximum absolute atomic E-state index is 13.9. The molecule has 0 aromatic heterocycles. The summed E-state index contributed by atoms with van der Waals surface area (Å²) in [6.45, 7) is 2.70. The summed E-state index contributed by atoms with van der Waals surface area (Å²) in [5.41, 5.74) is 0.793. The van der Waals surface area contributed by atoms with Crippen LogP contribution in [0.4, 0.5) is 4.39 Å². The number of rotatable bonds is 5. The number of hydrogen-bond donors (Lipinski definition) is 2. The van der Waals surface area contributed by atoms with Crippen LogP contribution in [-0.2, 0) is 0 Å². The lowest BCUT2D eigenvalue weighted by atomic mass is 10.0. The topological polar surface area (TPSA) is 49.3 Å². The summed E-state index contributed by atoms with van der Waals surface area (Å²) in [7, 11) is 0. The van der Waals surface area contributed by atoms with E-state index in [4.69, 9.17) is 5.11 Å². The van der Waals surface area contributed by atoms with Gasteiger partial charge in [0.15, 0.2) is 0 Å². The van der Waals surface area contributed by atoms with Gasteiger partial charge in [-0.15, -0.1) is 0 Å². The Balaban J connectivity index is 2.00. The molecule has 1 saturated carbocycles. The number of amides is 1. The fourth-order valence-corrected chi connectivity index (χ4v) is 2.19. The average molecular weight is 289 g/mol. The van der Waals surface area contributed by atoms with Crippen molar-refractivity contribution in [3.8, 4) is 11.8 Å². The fourth-order valence-electron chi connectivity index (χ4n) is 2.19. The molecule has 112 valence electrons. The first kappa shape index (κ1) is 15.5. The zero-order chi connectivity index (χ0) is 15.3. The van der Waals surface area contributed by atoms with Gasteiger partial charge in [-0.25, -0.2) is 4.39 Å². The molecule has 0 unspecified atom stereocenters. The van der Waals surface area contributed by atoms with Gasteiger partial charge in [-0.05, 0) is 42.9 Å². The summed E-state index contributed by atoms with van der Waals surface area (Å²) >= 11 is 0. The lowest BCUT2D eigenvalue weighted by Crippen LogP contribution is -2.30. The highest BCUT2D eigenvalue weighted by atomic mass is 19.1. The van der Waals surface area contributed by atoms with Crippen LogP contribution in [0.2, 0.25) is 0 Å². The van der Waals surface area contributed by atoms with Crippen molar-refractivity contribution in [3.05, 3.63) is 35.1 Å². The Bertz CT molecular complexity index is 582. The minimum Gasteiger partial charge on any atom is -0.395 e. The third-order valence-corrected chi connectivity index (χ3v) is 4.01. The highest BCUT2D eigenvalue weighted by Crippen LogP contribution is 2.47. The molecule has 3 nitrogen and oxygen atoms in total. The zero-order valence-corrected chi connectivity index (χ0v) is 12.2. The number of benzene rings is 1. The van der Waals surface area contributed by atoms with Crippen LogP contribution in [0, 0.1) is 23.1 Å². The number of halogens is 1. The second-order valence-corrected chi connectivity index (χ2v) is 5.51. The Hall–Kier alpha value is -1.86. The summed E-state index contributed by atoms with van der Waals surface area (Å²) in [6.07, 6.45) is 3.65. The van der Waals surface area contributed by atoms with E-state index in [0.29, 0.717) is 18.5 Å². The van der Waals surface area contributed by atoms with Crippen molar-refractivity contribution < 1.29 is 14.3 Å². The summed E-state index contributed by atoms with van der Waals surface area (Å²) in [6, 6.07) is 4.33. The van der Waals surface area contributed by atoms with Crippen LogP contribution >= 0.6 is 0 Å². The van der Waals surface area contributed by atoms with E-state index in [1.54, 1.807) is 6.07 Å². The highest BCUT2D eigenvalue weighted by Gasteiger charge is 2.40. The number of hydrogen-bond acceptors (Lipinski definition) is 2. The van der Waals surface area contributed by atoms with Crippen LogP contribution in [0.3, 0.4) is 0 Å². The third kappa shape index (κ3) is 4.05. The van der Waals surface area contributed by atoms with Crippen molar-refractivity contribution in [3.63, 3.8) is 0 Å². The monoisotopic (exact) mass is 289 g/mol. The van der Waals surface area contributed by atoms with Gasteiger partial charge >= 0.3 is 0 Å². The molecule has 4 heteroatoms. The minimum absolute atomic E-state index is 0.0187. The van der Waals surface area contributed by atoms with Gasteiger partial charge in [0.2, 0.25) is 0 Å². The van der Waals surface area contributed by atoms with Gasteiger partial charge < -0.3 is 10.4 Å². The number of aliphatic hydroxyl groups is 1. The first-order valence-corrected chi connectivity index (χ1v) is 7.28. The molecule has 0 atom stereocenters. The normalized spacial score (nSPS) is 15.0. The molecular weight excluding hydrogens is 269 g/mol. The zero-order valence-electron chi connectivity index (χ0n) is 12.2. The molecule has 2 rings (SSSR count). The van der Waals surface area contributed by atoms with Crippen LogP contribution < -0.4 is 5.32 Å². The molecule has 0 spiro atoms. The Kier molecular flexibility index (Phi) is 4.98. The van der Waals surface area contributed by atoms with Gasteiger partial charge in [0.25, 0.3) is 5.91 Å². The van der Waals surface area contributed by atoms with Crippen LogP contribution in [-0.4, -0.2) is 24.2 Å². The summed E-state index contributed by atoms with van der Waals surface area (Å²) < 4.78 is 13.9. The summed E-state index contributed by atoms with van der Waals surface area (Å²) in [5.74, 6) is 4.53. The first-order chi connectivity index (χ1) is 10.1. The molecule has 1 aromatic rings. The van der Waals surface area contributed by atoms with E-state index in [1.807, 2.05) is 0 Å². The van der Waals surface area contributed by atoms with E-state index in [0.717, 1.165) is 19.3 Å². The van der Waals surface area contributed by atoms with Crippen LogP contribution in [0.1, 0.15) is 48.5 Å². The molecule has 2 N–H and O–H groups in total. The number of carbonyl (C=O) groups excluding carboxylic acids is 1. The van der Waals surface area contributed by atoms with Gasteiger partial charge in [-0.1, -0.05) is 18.8 Å². The van der Waals surface area contributed by atoms with Crippen LogP contribution in [0.5, 0.6) is 0 Å². The number of carbonyl (C=O) groups is 1. The molecule has 1 fully saturated rings. The Morgan fingerprint density at radius 1 is 1.48 bits per heavy atom. The quantitative estimate of drug-likeness (QED) is 0.818. The lowest BCUT2D eigenvalue weighted by molar-refractivity contribution is 0.0940. The van der Waals surface area contributed by atoms with Crippen molar-refractivity contribution in [2.75, 3.05) is 13.2 Å². The van der Waals surface area contributed by atoms with Crippen molar-refractivity contribution in [1.29, 1.82) is 0 Å². The molecule has 1 aliphatic carbocycles. The molecular formula is C17H20FNO2. The second kappa shape index (κ2) is 6.73. The molecule has 0 aliphatic heterocycles. The molecule has 21 heavy (non-hydrogen) atoms. The molecule has 1 amide bonds. The SMILES string of the molecule is CCC1(CNC(=O)c2ccc(C#CCCO)cc2F)CC1. The van der Waals surface area contributed by atoms with Crippen molar-refractivity contribution in [1.82, 2.24) is 5.32 Å². The maximum Gasteiger partial charge on any atom is 0.254 e. The first-order valence-electron chi connectivity index (χ1n) is 7.28. The maximum atomic E-state index is 13.9. The highest BCUT2D eigenvalue weighted by molar-refractivity contribution is 5.94. The Morgan fingerprint density at radius 2 is 2.24 bits per heavy atom. The Morgan fingerprint density at radius 3 is 2.81 bits per heavy atom. The predicted octanol–water partition coefficient (Wildman–Crippen LogP) is 2.48. The van der Waals surface area contributed by atoms with Crippen molar-refractivity contribution >= 4 is 5.91 Å². The molecule has 0 saturated heterocycles. The van der Waals surface area contributed by atoms with Gasteiger partial charge in [0.05, 0.1) is 12.2 Å². The molecule has 0 heterocycles. The minimum atomic E-state index is -0.565. The predicted molar refractivity (Wildman–Crippen MR) is 79.3 cm³/mol. The lowest BCUT2D eigenvalue weighted by Gasteiger charge is -2.13. The molecule has 1 aliphatic rings. The number of aliphatic hydroxyl groups excluding tert-OH is 1. The summed E-state index contributed by atoms with van der Waals surface area (Å²) in [4.78, 5) is 12.0. The van der Waals surface area contributed by atoms with Crippen LogP contribution in [0.25, 0.3) is 0 Å². The van der Waals surface area contributed by atoms with E-state index in [9.17, 15) is 9.18 Å². The van der Waals surface area contributed by atoms with Crippen LogP contribution in [0.15, 0.2) is 18.2 Å². The van der Waals surface area contributed by atoms with E-state index >= 15 is 0 Å². The smallest absolute Gasteiger partial charge is 0.254 e. The van der Waals surface area contributed by atoms with E-state index in [-0.39, 0.29) is 23.5 Å². The van der Waals surface area contributed by atoms with E-state index in [1.165, 1.54) is 12.1 Å². The van der Waals surface area contributed by atoms with E-state index < -0.39 is 5.82 Å². The van der Waals surface area contributed by atoms with Crippen molar-refractivity contribution in [2.45, 2.75) is 32.6 Å². The van der Waals surface area contributed by atoms with E-state index in [2.05, 4.69) is 24.1 Å². The van der Waals surface area contributed by atoms with Crippen molar-refractivity contribution in [2.24, 2.45) is 5.41 Å². The molecule has 0 bridgehead atoms. The Labute approximate surface area is 124 Å². The fraction of sp³-hybridized carbons (Fsp3) is 0.471. The number of nitrogens with one attached hydrogen (secondary N) is 1. The van der Waals surface area contributed by atoms with Gasteiger partial charge in [0.1, 0.15) is 5.82 Å². The van der Waals surface area contributed by atoms with Gasteiger partial charge in [0, 0.05) is 18.5 Å². The van der Waals surface area contributed by atoms with Gasteiger partial charge in [-0.3, -0.25) is 4.79 Å². The molecule has 1 aromatic carbocycles. The standard InChI is InChI=1S/C17H20FNO2/c1-2-17(8-9-17)12-19-16(21)14-7-6-13(11-15(14)18)5-3-4-10-20/h6-7,11,20H,2,4,8-10,12H2,1H3,(H,19,21). The summed E-state index contributed by atoms with van der Waals surface area (Å²) in [5, 5.41) is 11.5. The molecule has 0 radical (unpaired) electrons. The van der Waals surface area contributed by atoms with Gasteiger partial charge in [-0.2, -0.15) is 0 Å². The second-order valence-electron chi connectivity index (χ2n) is 5.51.